The van der Waals surface area contributed by atoms with E-state index in [1.807, 2.05) is 0 Å². The number of aliphatic hydroxyl groups excluding tert-OH is 2. The van der Waals surface area contributed by atoms with Crippen LogP contribution < -0.4 is 15.8 Å². The first-order valence-corrected chi connectivity index (χ1v) is 9.46. The number of carbonyl (C=O) groups excluding carboxylic acids is 1. The summed E-state index contributed by atoms with van der Waals surface area (Å²) in [6.07, 6.45) is 1.67. The molecule has 1 atom stereocenters. The number of hydrogen-bond donors (Lipinski definition) is 4. The third-order valence-corrected chi connectivity index (χ3v) is 4.77. The summed E-state index contributed by atoms with van der Waals surface area (Å²) in [5, 5.41) is 20.6. The monoisotopic (exact) mass is 437 g/mol. The normalized spacial score (nSPS) is 11.9. The number of halogens is 2. The molecule has 0 aliphatic carbocycles. The molecule has 1 unspecified atom stereocenters. The molecule has 1 amide bonds. The van der Waals surface area contributed by atoms with E-state index in [1.54, 1.807) is 0 Å². The molecule has 0 radical (unpaired) electrons. The zero-order chi connectivity index (χ0) is 21.7. The number of nitrogens with zero attached hydrogens (tertiary/aromatic N) is 3. The molecule has 0 aliphatic heterocycles. The first-order valence-electron chi connectivity index (χ1n) is 8.64. The molecule has 2 heterocycles. The van der Waals surface area contributed by atoms with Crippen LogP contribution in [0.25, 0.3) is 10.6 Å². The molecule has 9 nitrogen and oxygen atoms in total. The number of rotatable bonds is 8. The molecule has 1 aromatic carbocycles. The maximum absolute atomic E-state index is 14.0. The summed E-state index contributed by atoms with van der Waals surface area (Å²) in [4.78, 5) is 24.3. The molecule has 158 valence electrons. The lowest BCUT2D eigenvalue weighted by molar-refractivity contribution is 0.0748. The van der Waals surface area contributed by atoms with E-state index in [0.717, 1.165) is 23.5 Å². The number of nitrogens with two attached hydrogens (primary N) is 1. The van der Waals surface area contributed by atoms with Crippen LogP contribution in [0.2, 0.25) is 0 Å². The van der Waals surface area contributed by atoms with Gasteiger partial charge in [0.25, 0.3) is 5.91 Å². The molecule has 3 aromatic rings. The lowest BCUT2D eigenvalue weighted by Crippen LogP contribution is -2.18. The van der Waals surface area contributed by atoms with Crippen LogP contribution in [-0.4, -0.2) is 50.4 Å². The highest BCUT2D eigenvalue weighted by molar-refractivity contribution is 7.19. The molecule has 0 saturated heterocycles. The first-order chi connectivity index (χ1) is 14.4. The molecule has 3 rings (SSSR count). The smallest absolute Gasteiger partial charge is 0.277 e. The van der Waals surface area contributed by atoms with Crippen LogP contribution in [0.4, 0.5) is 19.5 Å². The number of amides is 1. The molecule has 5 N–H and O–H groups in total. The Hall–Kier alpha value is -3.22. The molecule has 0 saturated carbocycles. The van der Waals surface area contributed by atoms with Crippen LogP contribution in [0.5, 0.6) is 5.88 Å². The zero-order valence-electron chi connectivity index (χ0n) is 15.4. The Balaban J connectivity index is 1.78. The van der Waals surface area contributed by atoms with Crippen molar-refractivity contribution in [3.05, 3.63) is 48.1 Å². The summed E-state index contributed by atoms with van der Waals surface area (Å²) in [5.74, 6) is -2.37. The summed E-state index contributed by atoms with van der Waals surface area (Å²) in [5.41, 5.74) is 5.35. The van der Waals surface area contributed by atoms with E-state index < -0.39 is 30.3 Å². The van der Waals surface area contributed by atoms with Gasteiger partial charge >= 0.3 is 0 Å². The standard InChI is InChI=1S/C18H17F2N5O4S/c19-10-2-1-3-11(20)13(10)18-25-14(15(21)30-18)16(28)24-12-6-22-8-23-17(12)29-5-4-9(27)7-26/h1-3,6,8-9,26-27H,4-5,7,21H2,(H,24,28). The van der Waals surface area contributed by atoms with Crippen molar-refractivity contribution in [2.24, 2.45) is 0 Å². The fourth-order valence-electron chi connectivity index (χ4n) is 2.39. The number of carbonyl (C=O) groups is 1. The second-order valence-corrected chi connectivity index (χ2v) is 7.03. The molecule has 0 aliphatic rings. The fraction of sp³-hybridized carbons (Fsp3) is 0.222. The number of anilines is 2. The zero-order valence-corrected chi connectivity index (χ0v) is 16.2. The van der Waals surface area contributed by atoms with Crippen molar-refractivity contribution < 1.29 is 28.5 Å². The Morgan fingerprint density at radius 2 is 2.07 bits per heavy atom. The van der Waals surface area contributed by atoms with Crippen LogP contribution in [0.1, 0.15) is 16.9 Å². The predicted molar refractivity (Wildman–Crippen MR) is 105 cm³/mol. The van der Waals surface area contributed by atoms with Crippen LogP contribution in [0.3, 0.4) is 0 Å². The maximum Gasteiger partial charge on any atom is 0.277 e. The Bertz CT molecular complexity index is 1030. The maximum atomic E-state index is 14.0. The van der Waals surface area contributed by atoms with E-state index in [4.69, 9.17) is 15.6 Å². The summed E-state index contributed by atoms with van der Waals surface area (Å²) >= 11 is 0.770. The van der Waals surface area contributed by atoms with Gasteiger partial charge in [-0.25, -0.2) is 18.7 Å². The number of benzene rings is 1. The van der Waals surface area contributed by atoms with Crippen LogP contribution >= 0.6 is 11.3 Å². The Kier molecular flexibility index (Phi) is 6.82. The summed E-state index contributed by atoms with van der Waals surface area (Å²) in [7, 11) is 0. The molecule has 12 heteroatoms. The molecule has 2 aromatic heterocycles. The van der Waals surface area contributed by atoms with Gasteiger partial charge in [-0.15, -0.1) is 0 Å². The molecule has 0 bridgehead atoms. The van der Waals surface area contributed by atoms with Gasteiger partial charge in [0.15, 0.2) is 5.69 Å². The molecular formula is C18H17F2N5O4S. The summed E-state index contributed by atoms with van der Waals surface area (Å²) in [6.45, 7) is -0.387. The van der Waals surface area contributed by atoms with E-state index in [0.29, 0.717) is 0 Å². The van der Waals surface area contributed by atoms with E-state index in [2.05, 4.69) is 20.3 Å². The van der Waals surface area contributed by atoms with Gasteiger partial charge in [-0.1, -0.05) is 17.4 Å². The van der Waals surface area contributed by atoms with Crippen molar-refractivity contribution in [1.29, 1.82) is 0 Å². The number of nitrogens with one attached hydrogen (secondary N) is 1. The van der Waals surface area contributed by atoms with Crippen LogP contribution in [-0.2, 0) is 0 Å². The van der Waals surface area contributed by atoms with Gasteiger partial charge in [-0.05, 0) is 12.1 Å². The molecule has 0 spiro atoms. The summed E-state index contributed by atoms with van der Waals surface area (Å²) in [6, 6.07) is 3.37. The third kappa shape index (κ3) is 4.84. The largest absolute Gasteiger partial charge is 0.476 e. The van der Waals surface area contributed by atoms with Gasteiger partial charge in [0.05, 0.1) is 31.1 Å². The van der Waals surface area contributed by atoms with Gasteiger partial charge in [0.2, 0.25) is 5.88 Å². The SMILES string of the molecule is Nc1sc(-c2c(F)cccc2F)nc1C(=O)Nc1cncnc1OCCC(O)CO. The molecule has 30 heavy (non-hydrogen) atoms. The third-order valence-electron chi connectivity index (χ3n) is 3.87. The molecular weight excluding hydrogens is 420 g/mol. The van der Waals surface area contributed by atoms with Crippen molar-refractivity contribution >= 4 is 27.9 Å². The lowest BCUT2D eigenvalue weighted by atomic mass is 10.2. The Morgan fingerprint density at radius 1 is 1.33 bits per heavy atom. The van der Waals surface area contributed by atoms with Crippen LogP contribution in [0, 0.1) is 11.6 Å². The minimum atomic E-state index is -0.947. The lowest BCUT2D eigenvalue weighted by Gasteiger charge is -2.11. The second kappa shape index (κ2) is 9.52. The highest BCUT2D eigenvalue weighted by atomic mass is 32.1. The van der Waals surface area contributed by atoms with E-state index in [-0.39, 0.29) is 45.9 Å². The number of nitrogen functional groups attached to an aromatic ring is 1. The number of hydrogen-bond acceptors (Lipinski definition) is 9. The number of ether oxygens (including phenoxy) is 1. The quantitative estimate of drug-likeness (QED) is 0.418. The average Bonchev–Trinajstić information content (AvgIpc) is 3.10. The van der Waals surface area contributed by atoms with Crippen molar-refractivity contribution in [3.63, 3.8) is 0 Å². The topological polar surface area (TPSA) is 143 Å². The predicted octanol–water partition coefficient (Wildman–Crippen LogP) is 1.83. The van der Waals surface area contributed by atoms with Gasteiger partial charge in [-0.3, -0.25) is 4.79 Å². The van der Waals surface area contributed by atoms with Gasteiger partial charge in [-0.2, -0.15) is 4.98 Å². The average molecular weight is 437 g/mol. The fourth-order valence-corrected chi connectivity index (χ4v) is 3.26. The minimum Gasteiger partial charge on any atom is -0.476 e. The second-order valence-electron chi connectivity index (χ2n) is 6.00. The van der Waals surface area contributed by atoms with Crippen molar-refractivity contribution in [2.45, 2.75) is 12.5 Å². The van der Waals surface area contributed by atoms with Gasteiger partial charge < -0.3 is 26.0 Å². The van der Waals surface area contributed by atoms with Gasteiger partial charge in [0.1, 0.15) is 33.7 Å². The number of aromatic nitrogens is 3. The summed E-state index contributed by atoms with van der Waals surface area (Å²) < 4.78 is 33.4. The Labute approximate surface area is 173 Å². The van der Waals surface area contributed by atoms with Crippen molar-refractivity contribution in [1.82, 2.24) is 15.0 Å². The highest BCUT2D eigenvalue weighted by Crippen LogP contribution is 2.34. The number of aliphatic hydroxyl groups is 2. The first kappa shape index (κ1) is 21.5. The van der Waals surface area contributed by atoms with E-state index in [9.17, 15) is 18.7 Å². The molecule has 0 fully saturated rings. The van der Waals surface area contributed by atoms with Crippen molar-refractivity contribution in [2.75, 3.05) is 24.3 Å². The van der Waals surface area contributed by atoms with Crippen molar-refractivity contribution in [3.8, 4) is 16.5 Å². The number of thiazole rings is 1. The van der Waals surface area contributed by atoms with Gasteiger partial charge in [0, 0.05) is 6.42 Å². The van der Waals surface area contributed by atoms with E-state index in [1.165, 1.54) is 18.6 Å². The van der Waals surface area contributed by atoms with Crippen LogP contribution in [0.15, 0.2) is 30.7 Å². The van der Waals surface area contributed by atoms with E-state index >= 15 is 0 Å². The Morgan fingerprint density at radius 3 is 2.77 bits per heavy atom. The highest BCUT2D eigenvalue weighted by Gasteiger charge is 2.22. The minimum absolute atomic E-state index is 0.0250.